The van der Waals surface area contributed by atoms with Gasteiger partial charge in [0.25, 0.3) is 0 Å². The highest BCUT2D eigenvalue weighted by molar-refractivity contribution is 14.0. The van der Waals surface area contributed by atoms with Crippen molar-refractivity contribution in [2.75, 3.05) is 40.9 Å². The highest BCUT2D eigenvalue weighted by atomic mass is 127. The molecular weight excluding hydrogens is 434 g/mol. The predicted octanol–water partition coefficient (Wildman–Crippen LogP) is 2.53. The molecule has 0 aromatic heterocycles. The lowest BCUT2D eigenvalue weighted by molar-refractivity contribution is -0.00501. The van der Waals surface area contributed by atoms with E-state index in [4.69, 9.17) is 4.74 Å². The Morgan fingerprint density at radius 3 is 2.52 bits per heavy atom. The number of nitrogens with zero attached hydrogens (tertiary/aromatic N) is 2. The third-order valence-electron chi connectivity index (χ3n) is 4.88. The summed E-state index contributed by atoms with van der Waals surface area (Å²) in [4.78, 5) is 6.54. The number of halogens is 2. The van der Waals surface area contributed by atoms with Gasteiger partial charge in [-0.1, -0.05) is 12.1 Å². The van der Waals surface area contributed by atoms with Crippen molar-refractivity contribution in [1.29, 1.82) is 0 Å². The molecule has 0 saturated carbocycles. The van der Waals surface area contributed by atoms with Crippen LogP contribution in [0.4, 0.5) is 4.39 Å². The van der Waals surface area contributed by atoms with Gasteiger partial charge < -0.3 is 20.3 Å². The van der Waals surface area contributed by atoms with E-state index in [2.05, 4.69) is 34.6 Å². The molecule has 1 fully saturated rings. The van der Waals surface area contributed by atoms with Crippen LogP contribution in [0, 0.1) is 12.7 Å². The van der Waals surface area contributed by atoms with Crippen molar-refractivity contribution in [3.63, 3.8) is 0 Å². The number of benzene rings is 1. The quantitative estimate of drug-likeness (QED) is 0.400. The largest absolute Gasteiger partial charge is 0.381 e. The van der Waals surface area contributed by atoms with Gasteiger partial charge in [-0.05, 0) is 51.1 Å². The number of guanidine groups is 1. The maximum Gasteiger partial charge on any atom is 0.191 e. The van der Waals surface area contributed by atoms with Gasteiger partial charge in [0.1, 0.15) is 5.82 Å². The lowest BCUT2D eigenvalue weighted by Crippen LogP contribution is -2.57. The Kier molecular flexibility index (Phi) is 9.09. The average Bonchev–Trinajstić information content (AvgIpc) is 2.58. The number of ether oxygens (including phenoxy) is 1. The number of aryl methyl sites for hydroxylation is 1. The fourth-order valence-electron chi connectivity index (χ4n) is 2.93. The second-order valence-electron chi connectivity index (χ2n) is 6.59. The number of hydrogen-bond donors (Lipinski definition) is 2. The van der Waals surface area contributed by atoms with Gasteiger partial charge in [-0.2, -0.15) is 0 Å². The lowest BCUT2D eigenvalue weighted by Gasteiger charge is -2.43. The second-order valence-corrected chi connectivity index (χ2v) is 6.59. The first-order valence-electron chi connectivity index (χ1n) is 8.41. The van der Waals surface area contributed by atoms with Gasteiger partial charge >= 0.3 is 0 Å². The summed E-state index contributed by atoms with van der Waals surface area (Å²) in [7, 11) is 5.97. The number of nitrogens with one attached hydrogen (secondary N) is 2. The van der Waals surface area contributed by atoms with Gasteiger partial charge in [-0.25, -0.2) is 4.39 Å². The van der Waals surface area contributed by atoms with Crippen molar-refractivity contribution >= 4 is 29.9 Å². The van der Waals surface area contributed by atoms with Gasteiger partial charge in [0.2, 0.25) is 0 Å². The topological polar surface area (TPSA) is 48.9 Å². The SMILES string of the molecule is CN=C(NCc1ccc(C)c(F)c1)NCC1(N(C)C)CCOCC1.I. The Labute approximate surface area is 167 Å². The monoisotopic (exact) mass is 464 g/mol. The Bertz CT molecular complexity index is 574. The van der Waals surface area contributed by atoms with Crippen LogP contribution in [0.15, 0.2) is 23.2 Å². The van der Waals surface area contributed by atoms with E-state index in [0.29, 0.717) is 12.1 Å². The van der Waals surface area contributed by atoms with E-state index in [0.717, 1.165) is 44.1 Å². The van der Waals surface area contributed by atoms with Crippen molar-refractivity contribution in [2.24, 2.45) is 4.99 Å². The van der Waals surface area contributed by atoms with E-state index in [1.54, 1.807) is 26.1 Å². The normalized spacial score (nSPS) is 17.1. The summed E-state index contributed by atoms with van der Waals surface area (Å²) in [6.07, 6.45) is 1.99. The van der Waals surface area contributed by atoms with Crippen LogP contribution in [0.3, 0.4) is 0 Å². The van der Waals surface area contributed by atoms with E-state index in [1.807, 2.05) is 6.07 Å². The molecule has 25 heavy (non-hydrogen) atoms. The first-order chi connectivity index (χ1) is 11.5. The maximum atomic E-state index is 13.6. The minimum Gasteiger partial charge on any atom is -0.381 e. The van der Waals surface area contributed by atoms with E-state index in [9.17, 15) is 4.39 Å². The molecule has 1 heterocycles. The predicted molar refractivity (Wildman–Crippen MR) is 111 cm³/mol. The van der Waals surface area contributed by atoms with Crippen LogP contribution in [0.2, 0.25) is 0 Å². The zero-order chi connectivity index (χ0) is 17.6. The Balaban J connectivity index is 0.00000312. The zero-order valence-corrected chi connectivity index (χ0v) is 17.9. The first kappa shape index (κ1) is 22.1. The Morgan fingerprint density at radius 1 is 1.28 bits per heavy atom. The summed E-state index contributed by atoms with van der Waals surface area (Å²) in [5.74, 6) is 0.551. The molecule has 142 valence electrons. The van der Waals surface area contributed by atoms with Crippen molar-refractivity contribution in [3.05, 3.63) is 35.1 Å². The van der Waals surface area contributed by atoms with Crippen LogP contribution >= 0.6 is 24.0 Å². The summed E-state index contributed by atoms with van der Waals surface area (Å²) < 4.78 is 19.1. The second kappa shape index (κ2) is 10.3. The smallest absolute Gasteiger partial charge is 0.191 e. The molecule has 0 atom stereocenters. The number of rotatable bonds is 5. The van der Waals surface area contributed by atoms with Gasteiger partial charge in [0.15, 0.2) is 5.96 Å². The van der Waals surface area contributed by atoms with Crippen LogP contribution in [0.1, 0.15) is 24.0 Å². The average molecular weight is 464 g/mol. The molecule has 1 aromatic rings. The minimum absolute atomic E-state index is 0. The fourth-order valence-corrected chi connectivity index (χ4v) is 2.93. The van der Waals surface area contributed by atoms with Crippen LogP contribution in [0.25, 0.3) is 0 Å². The molecule has 2 N–H and O–H groups in total. The molecule has 0 spiro atoms. The molecule has 2 rings (SSSR count). The standard InChI is InChI=1S/C18H29FN4O.HI/c1-14-5-6-15(11-16(14)19)12-21-17(20-2)22-13-18(23(3)4)7-9-24-10-8-18;/h5-6,11H,7-10,12-13H2,1-4H3,(H2,20,21,22);1H. The van der Waals surface area contributed by atoms with E-state index in [-0.39, 0.29) is 35.3 Å². The molecular formula is C18H30FIN4O. The summed E-state index contributed by atoms with van der Waals surface area (Å²) in [5.41, 5.74) is 1.63. The third kappa shape index (κ3) is 6.07. The Hall–Kier alpha value is -0.930. The maximum absolute atomic E-state index is 13.6. The molecule has 7 heteroatoms. The molecule has 1 aliphatic rings. The van der Waals surface area contributed by atoms with Gasteiger partial charge in [-0.3, -0.25) is 4.99 Å². The molecule has 0 aliphatic carbocycles. The molecule has 1 saturated heterocycles. The van der Waals surface area contributed by atoms with Gasteiger partial charge in [0, 0.05) is 38.9 Å². The number of hydrogen-bond acceptors (Lipinski definition) is 3. The summed E-state index contributed by atoms with van der Waals surface area (Å²) in [6.45, 7) is 4.67. The Morgan fingerprint density at radius 2 is 1.96 bits per heavy atom. The third-order valence-corrected chi connectivity index (χ3v) is 4.88. The first-order valence-corrected chi connectivity index (χ1v) is 8.41. The number of aliphatic imine (C=N–C) groups is 1. The molecule has 5 nitrogen and oxygen atoms in total. The molecule has 0 unspecified atom stereocenters. The molecule has 1 aliphatic heterocycles. The zero-order valence-electron chi connectivity index (χ0n) is 15.6. The van der Waals surface area contributed by atoms with Crippen molar-refractivity contribution in [3.8, 4) is 0 Å². The van der Waals surface area contributed by atoms with Gasteiger partial charge in [-0.15, -0.1) is 24.0 Å². The minimum atomic E-state index is -0.175. The highest BCUT2D eigenvalue weighted by Gasteiger charge is 2.34. The van der Waals surface area contributed by atoms with Crippen molar-refractivity contribution < 1.29 is 9.13 Å². The molecule has 0 amide bonds. The van der Waals surface area contributed by atoms with Crippen LogP contribution in [-0.2, 0) is 11.3 Å². The van der Waals surface area contributed by atoms with Crippen LogP contribution in [0.5, 0.6) is 0 Å². The van der Waals surface area contributed by atoms with Crippen LogP contribution < -0.4 is 10.6 Å². The molecule has 1 aromatic carbocycles. The van der Waals surface area contributed by atoms with Gasteiger partial charge in [0.05, 0.1) is 0 Å². The van der Waals surface area contributed by atoms with Crippen molar-refractivity contribution in [2.45, 2.75) is 31.8 Å². The van der Waals surface area contributed by atoms with Crippen molar-refractivity contribution in [1.82, 2.24) is 15.5 Å². The van der Waals surface area contributed by atoms with Crippen LogP contribution in [-0.4, -0.2) is 57.3 Å². The van der Waals surface area contributed by atoms with E-state index < -0.39 is 0 Å². The number of likely N-dealkylation sites (N-methyl/N-ethyl adjacent to an activating group) is 1. The lowest BCUT2D eigenvalue weighted by atomic mass is 9.88. The fraction of sp³-hybridized carbons (Fsp3) is 0.611. The summed E-state index contributed by atoms with van der Waals surface area (Å²) >= 11 is 0. The summed E-state index contributed by atoms with van der Waals surface area (Å²) in [6, 6.07) is 5.29. The summed E-state index contributed by atoms with van der Waals surface area (Å²) in [5, 5.41) is 6.66. The highest BCUT2D eigenvalue weighted by Crippen LogP contribution is 2.25. The molecule has 0 radical (unpaired) electrons. The molecule has 0 bridgehead atoms. The van der Waals surface area contributed by atoms with E-state index in [1.165, 1.54) is 0 Å². The van der Waals surface area contributed by atoms with E-state index >= 15 is 0 Å².